The van der Waals surface area contributed by atoms with Crippen LogP contribution in [0.5, 0.6) is 0 Å². The predicted octanol–water partition coefficient (Wildman–Crippen LogP) is 3.34. The predicted molar refractivity (Wildman–Crippen MR) is 93.1 cm³/mol. The molecule has 5 nitrogen and oxygen atoms in total. The summed E-state index contributed by atoms with van der Waals surface area (Å²) >= 11 is 0. The van der Waals surface area contributed by atoms with Crippen molar-refractivity contribution in [3.05, 3.63) is 52.8 Å². The third kappa shape index (κ3) is 3.96. The number of ether oxygens (including phenoxy) is 1. The lowest BCUT2D eigenvalue weighted by Crippen LogP contribution is -2.38. The Labute approximate surface area is 143 Å². The van der Waals surface area contributed by atoms with Crippen LogP contribution >= 0.6 is 0 Å². The maximum Gasteiger partial charge on any atom is 0.410 e. The Hall–Kier alpha value is -2.30. The molecule has 0 saturated carbocycles. The molecule has 0 unspecified atom stereocenters. The van der Waals surface area contributed by atoms with Gasteiger partial charge in [-0.05, 0) is 38.3 Å². The first kappa shape index (κ1) is 16.6. The van der Waals surface area contributed by atoms with Crippen LogP contribution in [0.3, 0.4) is 0 Å². The van der Waals surface area contributed by atoms with Gasteiger partial charge in [0.05, 0.1) is 5.69 Å². The van der Waals surface area contributed by atoms with Crippen molar-refractivity contribution < 1.29 is 9.53 Å². The molecular weight excluding hydrogens is 302 g/mol. The highest BCUT2D eigenvalue weighted by atomic mass is 16.6. The van der Waals surface area contributed by atoms with E-state index < -0.39 is 5.60 Å². The Bertz CT molecular complexity index is 701. The number of fused-ring (bicyclic) bond motifs is 1. The largest absolute Gasteiger partial charge is 0.444 e. The Morgan fingerprint density at radius 2 is 1.92 bits per heavy atom. The van der Waals surface area contributed by atoms with Crippen molar-refractivity contribution in [2.24, 2.45) is 0 Å². The Kier molecular flexibility index (Phi) is 4.60. The van der Waals surface area contributed by atoms with Crippen molar-refractivity contribution in [1.29, 1.82) is 0 Å². The summed E-state index contributed by atoms with van der Waals surface area (Å²) in [5.41, 5.74) is 4.27. The van der Waals surface area contributed by atoms with Gasteiger partial charge in [-0.3, -0.25) is 5.10 Å². The molecule has 0 saturated heterocycles. The lowest BCUT2D eigenvalue weighted by Gasteiger charge is -2.26. The summed E-state index contributed by atoms with van der Waals surface area (Å²) in [6, 6.07) is 10.3. The lowest BCUT2D eigenvalue weighted by atomic mass is 10.0. The van der Waals surface area contributed by atoms with Crippen LogP contribution in [0.4, 0.5) is 4.79 Å². The number of aromatic amines is 1. The molecule has 2 heterocycles. The first-order chi connectivity index (χ1) is 11.4. The minimum atomic E-state index is -0.461. The van der Waals surface area contributed by atoms with Gasteiger partial charge in [-0.15, -0.1) is 0 Å². The van der Waals surface area contributed by atoms with Gasteiger partial charge in [-0.25, -0.2) is 4.79 Å². The fraction of sp³-hybridized carbons (Fsp3) is 0.474. The molecule has 5 heteroatoms. The van der Waals surface area contributed by atoms with E-state index in [1.807, 2.05) is 39.0 Å². The Balaban J connectivity index is 1.69. The molecule has 0 fully saturated rings. The van der Waals surface area contributed by atoms with Crippen LogP contribution in [-0.2, 0) is 24.0 Å². The normalized spacial score (nSPS) is 14.9. The smallest absolute Gasteiger partial charge is 0.410 e. The zero-order valence-corrected chi connectivity index (χ0v) is 14.6. The van der Waals surface area contributed by atoms with Gasteiger partial charge in [-0.1, -0.05) is 30.3 Å². The van der Waals surface area contributed by atoms with Crippen LogP contribution < -0.4 is 0 Å². The molecule has 1 amide bonds. The maximum atomic E-state index is 12.3. The van der Waals surface area contributed by atoms with E-state index in [0.717, 1.165) is 30.7 Å². The zero-order chi connectivity index (χ0) is 17.2. The molecule has 1 aliphatic rings. The van der Waals surface area contributed by atoms with Crippen molar-refractivity contribution in [1.82, 2.24) is 15.1 Å². The van der Waals surface area contributed by atoms with Crippen molar-refractivity contribution in [3.8, 4) is 0 Å². The summed E-state index contributed by atoms with van der Waals surface area (Å²) in [4.78, 5) is 14.1. The van der Waals surface area contributed by atoms with Crippen LogP contribution in [0.2, 0.25) is 0 Å². The fourth-order valence-corrected chi connectivity index (χ4v) is 3.00. The third-order valence-corrected chi connectivity index (χ3v) is 4.17. The molecular formula is C19H25N3O2. The number of aromatic nitrogens is 2. The summed E-state index contributed by atoms with van der Waals surface area (Å²) < 4.78 is 5.50. The Morgan fingerprint density at radius 1 is 1.21 bits per heavy atom. The number of nitrogens with zero attached hydrogens (tertiary/aromatic N) is 2. The van der Waals surface area contributed by atoms with E-state index in [1.54, 1.807) is 4.90 Å². The number of hydrogen-bond donors (Lipinski definition) is 1. The summed E-state index contributed by atoms with van der Waals surface area (Å²) in [5, 5.41) is 7.67. The molecule has 0 atom stereocenters. The van der Waals surface area contributed by atoms with Crippen LogP contribution in [0.25, 0.3) is 0 Å². The topological polar surface area (TPSA) is 58.2 Å². The molecule has 1 aliphatic heterocycles. The van der Waals surface area contributed by atoms with Crippen molar-refractivity contribution >= 4 is 6.09 Å². The highest BCUT2D eigenvalue weighted by Gasteiger charge is 2.26. The summed E-state index contributed by atoms with van der Waals surface area (Å²) in [6.07, 6.45) is 2.19. The van der Waals surface area contributed by atoms with E-state index in [4.69, 9.17) is 4.74 Å². The van der Waals surface area contributed by atoms with Gasteiger partial charge in [0.25, 0.3) is 0 Å². The Morgan fingerprint density at radius 3 is 2.62 bits per heavy atom. The molecule has 3 rings (SSSR count). The zero-order valence-electron chi connectivity index (χ0n) is 14.6. The standard InChI is InChI=1S/C19H25N3O2/c1-19(2,3)24-18(23)22-11-9-15-16(10-12-22)20-21-17(15)13-14-7-5-4-6-8-14/h4-8H,9-13H2,1-3H3,(H,20,21). The molecule has 1 aromatic carbocycles. The average Bonchev–Trinajstić information content (AvgIpc) is 2.77. The van der Waals surface area contributed by atoms with Crippen molar-refractivity contribution in [2.75, 3.05) is 13.1 Å². The van der Waals surface area contributed by atoms with Gasteiger partial charge in [0.2, 0.25) is 0 Å². The molecule has 1 aromatic heterocycles. The van der Waals surface area contributed by atoms with Gasteiger partial charge in [-0.2, -0.15) is 5.10 Å². The molecule has 128 valence electrons. The number of benzene rings is 1. The molecule has 2 aromatic rings. The SMILES string of the molecule is CC(C)(C)OC(=O)N1CCc2[nH]nc(Cc3ccccc3)c2CC1. The van der Waals surface area contributed by atoms with E-state index in [-0.39, 0.29) is 6.09 Å². The van der Waals surface area contributed by atoms with Crippen LogP contribution in [-0.4, -0.2) is 39.9 Å². The minimum Gasteiger partial charge on any atom is -0.444 e. The first-order valence-electron chi connectivity index (χ1n) is 8.49. The fourth-order valence-electron chi connectivity index (χ4n) is 3.00. The van der Waals surface area contributed by atoms with E-state index in [1.165, 1.54) is 11.1 Å². The van der Waals surface area contributed by atoms with E-state index >= 15 is 0 Å². The van der Waals surface area contributed by atoms with E-state index in [0.29, 0.717) is 13.1 Å². The molecule has 0 spiro atoms. The van der Waals surface area contributed by atoms with Crippen molar-refractivity contribution in [2.45, 2.75) is 45.6 Å². The van der Waals surface area contributed by atoms with Crippen LogP contribution in [0.1, 0.15) is 43.3 Å². The highest BCUT2D eigenvalue weighted by Crippen LogP contribution is 2.21. The van der Waals surface area contributed by atoms with Gasteiger partial charge in [0.15, 0.2) is 0 Å². The monoisotopic (exact) mass is 327 g/mol. The third-order valence-electron chi connectivity index (χ3n) is 4.17. The van der Waals surface area contributed by atoms with Crippen LogP contribution in [0, 0.1) is 0 Å². The highest BCUT2D eigenvalue weighted by molar-refractivity contribution is 5.68. The van der Waals surface area contributed by atoms with E-state index in [2.05, 4.69) is 22.3 Å². The molecule has 0 aliphatic carbocycles. The average molecular weight is 327 g/mol. The molecule has 1 N–H and O–H groups in total. The number of carbonyl (C=O) groups excluding carboxylic acids is 1. The van der Waals surface area contributed by atoms with Crippen molar-refractivity contribution in [3.63, 3.8) is 0 Å². The second-order valence-electron chi connectivity index (χ2n) is 7.26. The van der Waals surface area contributed by atoms with Gasteiger partial charge in [0, 0.05) is 31.6 Å². The number of H-pyrrole nitrogens is 1. The van der Waals surface area contributed by atoms with Gasteiger partial charge in [0.1, 0.15) is 5.60 Å². The number of amides is 1. The quantitative estimate of drug-likeness (QED) is 0.920. The molecule has 0 radical (unpaired) electrons. The van der Waals surface area contributed by atoms with Gasteiger partial charge < -0.3 is 9.64 Å². The first-order valence-corrected chi connectivity index (χ1v) is 8.49. The minimum absolute atomic E-state index is 0.231. The van der Waals surface area contributed by atoms with Crippen LogP contribution in [0.15, 0.2) is 30.3 Å². The number of carbonyl (C=O) groups is 1. The number of nitrogens with one attached hydrogen (secondary N) is 1. The van der Waals surface area contributed by atoms with E-state index in [9.17, 15) is 4.79 Å². The summed E-state index contributed by atoms with van der Waals surface area (Å²) in [7, 11) is 0. The second-order valence-corrected chi connectivity index (χ2v) is 7.26. The number of rotatable bonds is 2. The lowest BCUT2D eigenvalue weighted by molar-refractivity contribution is 0.0258. The molecule has 0 bridgehead atoms. The molecule has 24 heavy (non-hydrogen) atoms. The summed E-state index contributed by atoms with van der Waals surface area (Å²) in [6.45, 7) is 7.02. The van der Waals surface area contributed by atoms with Gasteiger partial charge >= 0.3 is 6.09 Å². The maximum absolute atomic E-state index is 12.3. The summed E-state index contributed by atoms with van der Waals surface area (Å²) in [5.74, 6) is 0. The second kappa shape index (κ2) is 6.67. The number of hydrogen-bond acceptors (Lipinski definition) is 3.